The lowest BCUT2D eigenvalue weighted by Crippen LogP contribution is -2.28. The number of benzene rings is 6. The predicted molar refractivity (Wildman–Crippen MR) is 221 cm³/mol. The van der Waals surface area contributed by atoms with Gasteiger partial charge in [-0.15, -0.1) is 0 Å². The van der Waals surface area contributed by atoms with Gasteiger partial charge in [0.1, 0.15) is 0 Å². The first-order chi connectivity index (χ1) is 28.5. The minimum atomic E-state index is -0.485. The molecule has 0 bridgehead atoms. The molecule has 12 nitrogen and oxygen atoms in total. The molecule has 6 aromatic carbocycles. The van der Waals surface area contributed by atoms with Crippen molar-refractivity contribution < 1.29 is 14.4 Å². The zero-order valence-electron chi connectivity index (χ0n) is 30.8. The van der Waals surface area contributed by atoms with Gasteiger partial charge in [-0.2, -0.15) is 10.2 Å². The Hall–Kier alpha value is -8.53. The second-order valence-electron chi connectivity index (χ2n) is 12.9. The van der Waals surface area contributed by atoms with Crippen LogP contribution in [0.2, 0.25) is 0 Å². The summed E-state index contributed by atoms with van der Waals surface area (Å²) < 4.78 is 0. The maximum absolute atomic E-state index is 13.1. The van der Waals surface area contributed by atoms with Gasteiger partial charge in [-0.25, -0.2) is 34.5 Å². The molecule has 0 aliphatic heterocycles. The predicted octanol–water partition coefficient (Wildman–Crippen LogP) is 10.7. The van der Waals surface area contributed by atoms with E-state index in [0.717, 1.165) is 22.6 Å². The topological polar surface area (TPSA) is 156 Å². The van der Waals surface area contributed by atoms with Crippen LogP contribution in [0.15, 0.2) is 165 Å². The van der Waals surface area contributed by atoms with Crippen molar-refractivity contribution in [2.45, 2.75) is 19.6 Å². The van der Waals surface area contributed by atoms with E-state index in [1.54, 1.807) is 42.5 Å². The summed E-state index contributed by atoms with van der Waals surface area (Å²) >= 11 is 0. The number of nitrogens with one attached hydrogen (secondary N) is 2. The average molecular weight is 758 g/mol. The summed E-state index contributed by atoms with van der Waals surface area (Å²) in [6.45, 7) is 8.01. The first kappa shape index (κ1) is 37.8. The van der Waals surface area contributed by atoms with E-state index in [-0.39, 0.29) is 25.3 Å². The number of amides is 2. The number of rotatable bonds is 12. The van der Waals surface area contributed by atoms with Gasteiger partial charge in [0.15, 0.2) is 0 Å². The number of urea groups is 1. The van der Waals surface area contributed by atoms with Gasteiger partial charge in [-0.05, 0) is 112 Å². The van der Waals surface area contributed by atoms with Gasteiger partial charge < -0.3 is 15.5 Å². The van der Waals surface area contributed by atoms with Crippen LogP contribution in [0.5, 0.6) is 0 Å². The van der Waals surface area contributed by atoms with Crippen LogP contribution >= 0.6 is 0 Å². The molecular formula is C46H31N9O3. The second kappa shape index (κ2) is 17.7. The van der Waals surface area contributed by atoms with E-state index in [2.05, 4.69) is 64.9 Å². The summed E-state index contributed by atoms with van der Waals surface area (Å²) in [6, 6.07) is 45.6. The van der Waals surface area contributed by atoms with Crippen molar-refractivity contribution in [3.8, 4) is 17.2 Å². The van der Waals surface area contributed by atoms with Gasteiger partial charge in [-0.1, -0.05) is 66.7 Å². The second-order valence-corrected chi connectivity index (χ2v) is 12.9. The van der Waals surface area contributed by atoms with E-state index in [4.69, 9.17) is 6.57 Å². The van der Waals surface area contributed by atoms with Gasteiger partial charge in [-0.3, -0.25) is 0 Å². The van der Waals surface area contributed by atoms with Crippen molar-refractivity contribution in [2.75, 3.05) is 10.2 Å². The van der Waals surface area contributed by atoms with Gasteiger partial charge in [0.05, 0.1) is 37.1 Å². The molecule has 278 valence electrons. The van der Waals surface area contributed by atoms with E-state index in [9.17, 15) is 19.6 Å². The van der Waals surface area contributed by atoms with Crippen LogP contribution in [-0.2, 0) is 29.2 Å². The molecule has 0 spiro atoms. The van der Waals surface area contributed by atoms with Crippen molar-refractivity contribution in [1.82, 2.24) is 5.32 Å². The summed E-state index contributed by atoms with van der Waals surface area (Å²) in [5.74, 6) is 0. The molecule has 12 heteroatoms. The molecular weight excluding hydrogens is 727 g/mol. The molecule has 0 aromatic heterocycles. The van der Waals surface area contributed by atoms with Crippen LogP contribution < -0.4 is 15.5 Å². The largest absolute Gasteiger partial charge is 0.334 e. The van der Waals surface area contributed by atoms with Crippen molar-refractivity contribution in [3.05, 3.63) is 184 Å². The van der Waals surface area contributed by atoms with Crippen LogP contribution in [0.3, 0.4) is 0 Å². The zero-order valence-corrected chi connectivity index (χ0v) is 30.8. The Morgan fingerprint density at radius 1 is 0.638 bits per heavy atom. The molecule has 0 radical (unpaired) electrons. The Morgan fingerprint density at radius 3 is 1.76 bits per heavy atom. The average Bonchev–Trinajstić information content (AvgIpc) is 3.58. The number of hydrogen-bond donors (Lipinski definition) is 2. The fraction of sp³-hybridized carbons (Fsp3) is 0.0652. The molecule has 6 aromatic rings. The Bertz CT molecular complexity index is 2660. The number of carbonyl (C=O) groups is 1. The molecule has 0 fully saturated rings. The van der Waals surface area contributed by atoms with E-state index >= 15 is 0 Å². The minimum Gasteiger partial charge on any atom is -0.334 e. The number of allylic oxidation sites excluding steroid dienone is 1. The van der Waals surface area contributed by atoms with Crippen LogP contribution in [0.1, 0.15) is 27.8 Å². The molecule has 1 aliphatic rings. The molecule has 0 saturated carbocycles. The highest BCUT2D eigenvalue weighted by atomic mass is 16.2. The maximum Gasteiger partial charge on any atom is 0.319 e. The SMILES string of the molecule is [C-]#[N+]/C(C#N)=C1/c2ccc(/N=N/c3ccc(N(c4ccccc4)c4ccccc4)cc3)cc2-c2cc(NC(=O)NCc3cc(CN=C=O)cc(CN=C=O)c3)ccc21. The lowest BCUT2D eigenvalue weighted by Gasteiger charge is -2.25. The van der Waals surface area contributed by atoms with E-state index in [1.807, 2.05) is 78.9 Å². The molecule has 2 N–H and O–H groups in total. The van der Waals surface area contributed by atoms with E-state index in [0.29, 0.717) is 56.0 Å². The number of azo groups is 1. The third kappa shape index (κ3) is 8.55. The van der Waals surface area contributed by atoms with Gasteiger partial charge >= 0.3 is 6.03 Å². The van der Waals surface area contributed by atoms with Crippen molar-refractivity contribution >= 4 is 57.9 Å². The summed E-state index contributed by atoms with van der Waals surface area (Å²) in [7, 11) is 0. The summed E-state index contributed by atoms with van der Waals surface area (Å²) in [6.07, 6.45) is 3.02. The van der Waals surface area contributed by atoms with E-state index < -0.39 is 6.03 Å². The Morgan fingerprint density at radius 2 is 1.17 bits per heavy atom. The number of hydrogen-bond acceptors (Lipinski definition) is 9. The quantitative estimate of drug-likeness (QED) is 0.0417. The molecule has 2 amide bonds. The third-order valence-corrected chi connectivity index (χ3v) is 9.20. The fourth-order valence-electron chi connectivity index (χ4n) is 6.75. The molecule has 1 aliphatic carbocycles. The smallest absolute Gasteiger partial charge is 0.319 e. The number of carbonyl (C=O) groups excluding carboxylic acids is 3. The first-order valence-electron chi connectivity index (χ1n) is 17.9. The number of nitriles is 1. The lowest BCUT2D eigenvalue weighted by molar-refractivity contribution is 0.251. The van der Waals surface area contributed by atoms with Gasteiger partial charge in [0.2, 0.25) is 12.2 Å². The Balaban J connectivity index is 1.12. The van der Waals surface area contributed by atoms with Crippen LogP contribution in [-0.4, -0.2) is 18.2 Å². The lowest BCUT2D eigenvalue weighted by atomic mass is 10.0. The standard InChI is InChI=1S/C46H31N9O3/c1-48-44(25-47)45-40-18-14-35(52-46(58)51-28-33-21-31(26-49-29-56)20-32(22-33)27-50-30-57)23-42(40)43-24-36(15-19-41(43)45)54-53-34-12-16-39(17-13-34)55(37-8-4-2-5-9-37)38-10-6-3-7-11-38/h2-24H,26-28H2,(H2,51,52,58)/b45-44+,54-53+. The third-order valence-electron chi connectivity index (χ3n) is 9.20. The Labute approximate surface area is 333 Å². The number of para-hydroxylation sites is 2. The van der Waals surface area contributed by atoms with Crippen molar-refractivity contribution in [1.29, 1.82) is 5.26 Å². The molecule has 0 heterocycles. The monoisotopic (exact) mass is 757 g/mol. The number of aliphatic imine (C=N–C) groups is 2. The number of anilines is 4. The van der Waals surface area contributed by atoms with Crippen LogP contribution in [0.25, 0.3) is 21.5 Å². The van der Waals surface area contributed by atoms with Crippen LogP contribution in [0.4, 0.5) is 38.9 Å². The number of nitrogens with zero attached hydrogens (tertiary/aromatic N) is 7. The fourth-order valence-corrected chi connectivity index (χ4v) is 6.75. The van der Waals surface area contributed by atoms with Gasteiger partial charge in [0.25, 0.3) is 5.70 Å². The molecule has 0 unspecified atom stereocenters. The molecule has 58 heavy (non-hydrogen) atoms. The number of fused-ring (bicyclic) bond motifs is 3. The molecule has 7 rings (SSSR count). The summed E-state index contributed by atoms with van der Waals surface area (Å²) in [4.78, 5) is 47.3. The first-order valence-corrected chi connectivity index (χ1v) is 17.9. The van der Waals surface area contributed by atoms with Gasteiger partial charge in [0, 0.05) is 34.9 Å². The summed E-state index contributed by atoms with van der Waals surface area (Å²) in [5, 5.41) is 24.6. The normalized spacial score (nSPS) is 11.8. The highest BCUT2D eigenvalue weighted by Gasteiger charge is 2.27. The zero-order chi connectivity index (χ0) is 40.3. The number of isocyanates is 2. The minimum absolute atomic E-state index is 0.0489. The molecule has 0 atom stereocenters. The van der Waals surface area contributed by atoms with Crippen LogP contribution in [0, 0.1) is 17.9 Å². The maximum atomic E-state index is 13.1. The van der Waals surface area contributed by atoms with Crippen molar-refractivity contribution in [2.24, 2.45) is 20.2 Å². The van der Waals surface area contributed by atoms with E-state index in [1.165, 1.54) is 12.2 Å². The Kier molecular flexibility index (Phi) is 11.6. The summed E-state index contributed by atoms with van der Waals surface area (Å²) in [5.41, 5.74) is 10.1. The highest BCUT2D eigenvalue weighted by Crippen LogP contribution is 2.48. The van der Waals surface area contributed by atoms with Crippen molar-refractivity contribution in [3.63, 3.8) is 0 Å². The highest BCUT2D eigenvalue weighted by molar-refractivity contribution is 6.05. The molecule has 0 saturated heterocycles.